The van der Waals surface area contributed by atoms with Crippen molar-refractivity contribution in [3.8, 4) is 0 Å². The predicted molar refractivity (Wildman–Crippen MR) is 62.0 cm³/mol. The fraction of sp³-hybridized carbons (Fsp3) is 1.00. The molecule has 0 aromatic heterocycles. The van der Waals surface area contributed by atoms with Crippen molar-refractivity contribution in [3.63, 3.8) is 0 Å². The SMILES string of the molecule is CCCCS(=O)CC(O)CNCCC. The van der Waals surface area contributed by atoms with E-state index in [-0.39, 0.29) is 0 Å². The summed E-state index contributed by atoms with van der Waals surface area (Å²) < 4.78 is 11.4. The Morgan fingerprint density at radius 3 is 2.64 bits per heavy atom. The third kappa shape index (κ3) is 8.66. The number of hydrogen-bond donors (Lipinski definition) is 2. The lowest BCUT2D eigenvalue weighted by Crippen LogP contribution is -2.31. The fourth-order valence-electron chi connectivity index (χ4n) is 1.11. The number of aliphatic hydroxyl groups excluding tert-OH is 1. The van der Waals surface area contributed by atoms with Crippen LogP contribution < -0.4 is 5.32 Å². The highest BCUT2D eigenvalue weighted by Gasteiger charge is 2.08. The third-order valence-electron chi connectivity index (χ3n) is 1.91. The molecule has 2 N–H and O–H groups in total. The van der Waals surface area contributed by atoms with Gasteiger partial charge in [-0.2, -0.15) is 0 Å². The Labute approximate surface area is 89.7 Å². The van der Waals surface area contributed by atoms with Crippen LogP contribution in [-0.4, -0.2) is 40.0 Å². The number of hydrogen-bond acceptors (Lipinski definition) is 3. The first kappa shape index (κ1) is 14.1. The van der Waals surface area contributed by atoms with Gasteiger partial charge >= 0.3 is 0 Å². The molecule has 14 heavy (non-hydrogen) atoms. The number of rotatable bonds is 9. The Morgan fingerprint density at radius 2 is 2.07 bits per heavy atom. The molecule has 0 radical (unpaired) electrons. The highest BCUT2D eigenvalue weighted by molar-refractivity contribution is 7.85. The van der Waals surface area contributed by atoms with E-state index in [9.17, 15) is 9.32 Å². The first-order valence-electron chi connectivity index (χ1n) is 5.44. The minimum Gasteiger partial charge on any atom is -0.391 e. The molecule has 0 saturated heterocycles. The first-order chi connectivity index (χ1) is 6.70. The molecule has 0 amide bonds. The van der Waals surface area contributed by atoms with E-state index >= 15 is 0 Å². The Hall–Kier alpha value is 0.0700. The number of nitrogens with one attached hydrogen (secondary N) is 1. The smallest absolute Gasteiger partial charge is 0.0779 e. The van der Waals surface area contributed by atoms with Crippen LogP contribution in [0.4, 0.5) is 0 Å². The zero-order valence-electron chi connectivity index (χ0n) is 9.29. The van der Waals surface area contributed by atoms with E-state index in [0.717, 1.165) is 31.6 Å². The summed E-state index contributed by atoms with van der Waals surface area (Å²) in [5.41, 5.74) is 0. The summed E-state index contributed by atoms with van der Waals surface area (Å²) in [6.07, 6.45) is 2.66. The van der Waals surface area contributed by atoms with Gasteiger partial charge in [-0.05, 0) is 19.4 Å². The lowest BCUT2D eigenvalue weighted by atomic mass is 10.4. The second kappa shape index (κ2) is 9.62. The van der Waals surface area contributed by atoms with Crippen LogP contribution in [0.5, 0.6) is 0 Å². The highest BCUT2D eigenvalue weighted by atomic mass is 32.2. The molecule has 0 aliphatic rings. The van der Waals surface area contributed by atoms with Gasteiger partial charge in [0.1, 0.15) is 0 Å². The van der Waals surface area contributed by atoms with Gasteiger partial charge in [0.15, 0.2) is 0 Å². The van der Waals surface area contributed by atoms with Gasteiger partial charge in [-0.3, -0.25) is 4.21 Å². The van der Waals surface area contributed by atoms with Gasteiger partial charge in [0.05, 0.1) is 11.9 Å². The maximum atomic E-state index is 11.4. The van der Waals surface area contributed by atoms with Crippen LogP contribution in [0, 0.1) is 0 Å². The van der Waals surface area contributed by atoms with E-state index in [1.807, 2.05) is 0 Å². The highest BCUT2D eigenvalue weighted by Crippen LogP contribution is 1.94. The van der Waals surface area contributed by atoms with Crippen molar-refractivity contribution in [2.45, 2.75) is 39.2 Å². The molecular formula is C10H23NO2S. The molecule has 3 nitrogen and oxygen atoms in total. The van der Waals surface area contributed by atoms with Crippen LogP contribution in [0.2, 0.25) is 0 Å². The van der Waals surface area contributed by atoms with Gasteiger partial charge in [0.25, 0.3) is 0 Å². The average molecular weight is 221 g/mol. The largest absolute Gasteiger partial charge is 0.391 e. The van der Waals surface area contributed by atoms with Gasteiger partial charge in [-0.15, -0.1) is 0 Å². The molecule has 0 aromatic rings. The van der Waals surface area contributed by atoms with Crippen LogP contribution in [0.15, 0.2) is 0 Å². The number of unbranched alkanes of at least 4 members (excludes halogenated alkanes) is 1. The van der Waals surface area contributed by atoms with E-state index in [1.54, 1.807) is 0 Å². The summed E-state index contributed by atoms with van der Waals surface area (Å²) in [4.78, 5) is 0. The fourth-order valence-corrected chi connectivity index (χ4v) is 2.43. The van der Waals surface area contributed by atoms with Crippen LogP contribution in [0.3, 0.4) is 0 Å². The summed E-state index contributed by atoms with van der Waals surface area (Å²) in [6.45, 7) is 5.64. The molecule has 2 atom stereocenters. The summed E-state index contributed by atoms with van der Waals surface area (Å²) >= 11 is 0. The van der Waals surface area contributed by atoms with Gasteiger partial charge in [0.2, 0.25) is 0 Å². The molecule has 0 aliphatic heterocycles. The third-order valence-corrected chi connectivity index (χ3v) is 3.41. The minimum atomic E-state index is -0.845. The van der Waals surface area contributed by atoms with E-state index in [4.69, 9.17) is 0 Å². The van der Waals surface area contributed by atoms with Crippen LogP contribution in [0.1, 0.15) is 33.1 Å². The predicted octanol–water partition coefficient (Wildman–Crippen LogP) is 0.896. The number of aliphatic hydroxyl groups is 1. The molecule has 0 aromatic carbocycles. The van der Waals surface area contributed by atoms with Crippen molar-refractivity contribution in [2.75, 3.05) is 24.6 Å². The van der Waals surface area contributed by atoms with Crippen molar-refractivity contribution >= 4 is 10.8 Å². The van der Waals surface area contributed by atoms with Crippen molar-refractivity contribution in [1.82, 2.24) is 5.32 Å². The van der Waals surface area contributed by atoms with Gasteiger partial charge < -0.3 is 10.4 Å². The van der Waals surface area contributed by atoms with Crippen LogP contribution >= 0.6 is 0 Å². The summed E-state index contributed by atoms with van der Waals surface area (Å²) in [5.74, 6) is 1.14. The summed E-state index contributed by atoms with van der Waals surface area (Å²) in [6, 6.07) is 0. The molecule has 0 rings (SSSR count). The summed E-state index contributed by atoms with van der Waals surface area (Å²) in [7, 11) is -0.845. The Balaban J connectivity index is 3.40. The maximum Gasteiger partial charge on any atom is 0.0779 e. The van der Waals surface area contributed by atoms with E-state index in [0.29, 0.717) is 12.3 Å². The lowest BCUT2D eigenvalue weighted by Gasteiger charge is -2.10. The average Bonchev–Trinajstić information content (AvgIpc) is 2.15. The Morgan fingerprint density at radius 1 is 1.36 bits per heavy atom. The topological polar surface area (TPSA) is 49.3 Å². The van der Waals surface area contributed by atoms with Gasteiger partial charge in [-0.1, -0.05) is 20.3 Å². The lowest BCUT2D eigenvalue weighted by molar-refractivity contribution is 0.195. The Bertz CT molecular complexity index is 153. The van der Waals surface area contributed by atoms with Gasteiger partial charge in [0, 0.05) is 23.1 Å². The summed E-state index contributed by atoms with van der Waals surface area (Å²) in [5, 5.41) is 12.6. The van der Waals surface area contributed by atoms with E-state index in [1.165, 1.54) is 0 Å². The molecule has 0 saturated carbocycles. The zero-order valence-corrected chi connectivity index (χ0v) is 10.1. The first-order valence-corrected chi connectivity index (χ1v) is 6.93. The second-order valence-electron chi connectivity index (χ2n) is 3.52. The standard InChI is InChI=1S/C10H23NO2S/c1-3-5-7-14(13)9-10(12)8-11-6-4-2/h10-12H,3-9H2,1-2H3. The van der Waals surface area contributed by atoms with Gasteiger partial charge in [-0.25, -0.2) is 0 Å². The van der Waals surface area contributed by atoms with Crippen molar-refractivity contribution in [3.05, 3.63) is 0 Å². The molecule has 0 heterocycles. The Kier molecular flexibility index (Phi) is 9.67. The molecule has 86 valence electrons. The van der Waals surface area contributed by atoms with E-state index < -0.39 is 16.9 Å². The molecule has 0 bridgehead atoms. The molecule has 0 spiro atoms. The molecule has 2 unspecified atom stereocenters. The molecule has 4 heteroatoms. The zero-order chi connectivity index (χ0) is 10.8. The van der Waals surface area contributed by atoms with Crippen LogP contribution in [-0.2, 0) is 10.8 Å². The molecular weight excluding hydrogens is 198 g/mol. The monoisotopic (exact) mass is 221 g/mol. The van der Waals surface area contributed by atoms with Crippen molar-refractivity contribution < 1.29 is 9.32 Å². The maximum absolute atomic E-state index is 11.4. The minimum absolute atomic E-state index is 0.413. The normalized spacial score (nSPS) is 15.4. The van der Waals surface area contributed by atoms with Crippen LogP contribution in [0.25, 0.3) is 0 Å². The molecule has 0 aliphatic carbocycles. The van der Waals surface area contributed by atoms with Crippen molar-refractivity contribution in [1.29, 1.82) is 0 Å². The molecule has 0 fully saturated rings. The van der Waals surface area contributed by atoms with E-state index in [2.05, 4.69) is 19.2 Å². The quantitative estimate of drug-likeness (QED) is 0.569. The van der Waals surface area contributed by atoms with Crippen molar-refractivity contribution in [2.24, 2.45) is 0 Å². The second-order valence-corrected chi connectivity index (χ2v) is 5.14.